The molecule has 0 aromatic carbocycles. The zero-order valence-corrected chi connectivity index (χ0v) is 10.8. The predicted octanol–water partition coefficient (Wildman–Crippen LogP) is 1.37. The van der Waals surface area contributed by atoms with Crippen molar-refractivity contribution in [3.8, 4) is 0 Å². The molecule has 1 aromatic heterocycles. The lowest BCUT2D eigenvalue weighted by Crippen LogP contribution is -2.26. The molecule has 0 bridgehead atoms. The van der Waals surface area contributed by atoms with Gasteiger partial charge in [0.05, 0.1) is 5.69 Å². The number of aromatic nitrogens is 1. The molecule has 2 rings (SSSR count). The predicted molar refractivity (Wildman–Crippen MR) is 70.5 cm³/mol. The van der Waals surface area contributed by atoms with Gasteiger partial charge in [0.1, 0.15) is 0 Å². The van der Waals surface area contributed by atoms with E-state index in [-0.39, 0.29) is 5.56 Å². The standard InChI is InChI=1S/C13H21N3O/c1-4-16-9-11(5-6-13(16)17)14-12-7-10(2)15(3)8-12/h5-6,9-10,12,14H,4,7-8H2,1-3H3. The summed E-state index contributed by atoms with van der Waals surface area (Å²) in [7, 11) is 2.15. The van der Waals surface area contributed by atoms with Crippen LogP contribution in [0, 0.1) is 0 Å². The van der Waals surface area contributed by atoms with Crippen LogP contribution >= 0.6 is 0 Å². The summed E-state index contributed by atoms with van der Waals surface area (Å²) >= 11 is 0. The molecule has 2 unspecified atom stereocenters. The van der Waals surface area contributed by atoms with Gasteiger partial charge in [-0.25, -0.2) is 0 Å². The number of nitrogens with zero attached hydrogens (tertiary/aromatic N) is 2. The van der Waals surface area contributed by atoms with Crippen LogP contribution in [-0.4, -0.2) is 35.1 Å². The Kier molecular flexibility index (Phi) is 3.52. The molecule has 1 saturated heterocycles. The van der Waals surface area contributed by atoms with Gasteiger partial charge in [0, 0.05) is 37.4 Å². The second kappa shape index (κ2) is 4.92. The molecule has 0 amide bonds. The molecule has 4 heteroatoms. The van der Waals surface area contributed by atoms with Gasteiger partial charge in [0.25, 0.3) is 5.56 Å². The molecule has 2 atom stereocenters. The first-order valence-corrected chi connectivity index (χ1v) is 6.27. The van der Waals surface area contributed by atoms with E-state index in [1.54, 1.807) is 10.6 Å². The first-order valence-electron chi connectivity index (χ1n) is 6.27. The van der Waals surface area contributed by atoms with Crippen molar-refractivity contribution < 1.29 is 0 Å². The van der Waals surface area contributed by atoms with Crippen LogP contribution in [0.15, 0.2) is 23.1 Å². The van der Waals surface area contributed by atoms with E-state index in [0.29, 0.717) is 12.1 Å². The highest BCUT2D eigenvalue weighted by Crippen LogP contribution is 2.18. The summed E-state index contributed by atoms with van der Waals surface area (Å²) in [6.07, 6.45) is 3.06. The minimum absolute atomic E-state index is 0.0648. The van der Waals surface area contributed by atoms with Gasteiger partial charge >= 0.3 is 0 Å². The molecule has 0 saturated carbocycles. The number of hydrogen-bond acceptors (Lipinski definition) is 3. The van der Waals surface area contributed by atoms with E-state index in [1.807, 2.05) is 19.2 Å². The van der Waals surface area contributed by atoms with Crippen molar-refractivity contribution in [1.29, 1.82) is 0 Å². The monoisotopic (exact) mass is 235 g/mol. The molecule has 17 heavy (non-hydrogen) atoms. The van der Waals surface area contributed by atoms with Crippen molar-refractivity contribution in [3.05, 3.63) is 28.7 Å². The van der Waals surface area contributed by atoms with E-state index < -0.39 is 0 Å². The summed E-state index contributed by atoms with van der Waals surface area (Å²) in [5.74, 6) is 0. The minimum atomic E-state index is 0.0648. The lowest BCUT2D eigenvalue weighted by molar-refractivity contribution is 0.330. The maximum Gasteiger partial charge on any atom is 0.250 e. The summed E-state index contributed by atoms with van der Waals surface area (Å²) in [6.45, 7) is 6.01. The van der Waals surface area contributed by atoms with Gasteiger partial charge in [-0.05, 0) is 33.4 Å². The SMILES string of the molecule is CCn1cc(NC2CC(C)N(C)C2)ccc1=O. The van der Waals surface area contributed by atoms with Gasteiger partial charge in [0.2, 0.25) is 0 Å². The molecule has 1 fully saturated rings. The van der Waals surface area contributed by atoms with Gasteiger partial charge < -0.3 is 14.8 Å². The number of pyridine rings is 1. The molecule has 1 aromatic rings. The number of anilines is 1. The Labute approximate surface area is 102 Å². The van der Waals surface area contributed by atoms with Crippen molar-refractivity contribution in [1.82, 2.24) is 9.47 Å². The van der Waals surface area contributed by atoms with E-state index in [9.17, 15) is 4.79 Å². The molecule has 0 radical (unpaired) electrons. The third-order valence-corrected chi connectivity index (χ3v) is 3.58. The summed E-state index contributed by atoms with van der Waals surface area (Å²) in [5, 5.41) is 3.50. The van der Waals surface area contributed by atoms with Crippen LogP contribution in [0.5, 0.6) is 0 Å². The van der Waals surface area contributed by atoms with Crippen LogP contribution in [0.1, 0.15) is 20.3 Å². The van der Waals surface area contributed by atoms with E-state index in [4.69, 9.17) is 0 Å². The number of aryl methyl sites for hydroxylation is 1. The minimum Gasteiger partial charge on any atom is -0.380 e. The van der Waals surface area contributed by atoms with Crippen LogP contribution in [0.4, 0.5) is 5.69 Å². The van der Waals surface area contributed by atoms with Crippen molar-refractivity contribution in [3.63, 3.8) is 0 Å². The smallest absolute Gasteiger partial charge is 0.250 e. The van der Waals surface area contributed by atoms with E-state index >= 15 is 0 Å². The maximum atomic E-state index is 11.5. The lowest BCUT2D eigenvalue weighted by atomic mass is 10.2. The third-order valence-electron chi connectivity index (χ3n) is 3.58. The average molecular weight is 235 g/mol. The summed E-state index contributed by atoms with van der Waals surface area (Å²) < 4.78 is 1.73. The normalized spacial score (nSPS) is 25.1. The van der Waals surface area contributed by atoms with Crippen molar-refractivity contribution in [2.75, 3.05) is 18.9 Å². The molecule has 1 aliphatic heterocycles. The third kappa shape index (κ3) is 2.69. The van der Waals surface area contributed by atoms with Gasteiger partial charge in [-0.1, -0.05) is 0 Å². The first kappa shape index (κ1) is 12.2. The Balaban J connectivity index is 2.07. The molecule has 4 nitrogen and oxygen atoms in total. The van der Waals surface area contributed by atoms with Crippen LogP contribution in [0.25, 0.3) is 0 Å². The quantitative estimate of drug-likeness (QED) is 0.860. The Hall–Kier alpha value is -1.29. The fourth-order valence-corrected chi connectivity index (χ4v) is 2.40. The molecule has 1 N–H and O–H groups in total. The van der Waals surface area contributed by atoms with Crippen molar-refractivity contribution >= 4 is 5.69 Å². The number of hydrogen-bond donors (Lipinski definition) is 1. The molecule has 1 aliphatic rings. The summed E-state index contributed by atoms with van der Waals surface area (Å²) in [6, 6.07) is 4.62. The fourth-order valence-electron chi connectivity index (χ4n) is 2.40. The second-order valence-electron chi connectivity index (χ2n) is 4.91. The number of nitrogens with one attached hydrogen (secondary N) is 1. The highest BCUT2D eigenvalue weighted by molar-refractivity contribution is 5.41. The second-order valence-corrected chi connectivity index (χ2v) is 4.91. The molecular formula is C13H21N3O. The van der Waals surface area contributed by atoms with Gasteiger partial charge in [-0.3, -0.25) is 4.79 Å². The Morgan fingerprint density at radius 2 is 2.24 bits per heavy atom. The van der Waals surface area contributed by atoms with Crippen LogP contribution < -0.4 is 10.9 Å². The van der Waals surface area contributed by atoms with Crippen LogP contribution in [0.3, 0.4) is 0 Å². The lowest BCUT2D eigenvalue weighted by Gasteiger charge is -2.15. The molecule has 2 heterocycles. The summed E-state index contributed by atoms with van der Waals surface area (Å²) in [5.41, 5.74) is 1.11. The average Bonchev–Trinajstić information content (AvgIpc) is 2.61. The number of likely N-dealkylation sites (N-methyl/N-ethyl adjacent to an activating group) is 1. The van der Waals surface area contributed by atoms with Crippen molar-refractivity contribution in [2.24, 2.45) is 0 Å². The fraction of sp³-hybridized carbons (Fsp3) is 0.615. The highest BCUT2D eigenvalue weighted by atomic mass is 16.1. The Morgan fingerprint density at radius 3 is 2.82 bits per heavy atom. The van der Waals surface area contributed by atoms with E-state index in [2.05, 4.69) is 24.2 Å². The zero-order valence-electron chi connectivity index (χ0n) is 10.8. The maximum absolute atomic E-state index is 11.5. The largest absolute Gasteiger partial charge is 0.380 e. The van der Waals surface area contributed by atoms with Crippen LogP contribution in [0.2, 0.25) is 0 Å². The topological polar surface area (TPSA) is 37.3 Å². The molecule has 0 aliphatic carbocycles. The number of rotatable bonds is 3. The number of likely N-dealkylation sites (tertiary alicyclic amines) is 1. The van der Waals surface area contributed by atoms with E-state index in [1.165, 1.54) is 0 Å². The molecule has 94 valence electrons. The highest BCUT2D eigenvalue weighted by Gasteiger charge is 2.25. The first-order chi connectivity index (χ1) is 8.10. The van der Waals surface area contributed by atoms with Crippen LogP contribution in [-0.2, 0) is 6.54 Å². The van der Waals surface area contributed by atoms with Gasteiger partial charge in [0.15, 0.2) is 0 Å². The Bertz CT molecular complexity index is 431. The Morgan fingerprint density at radius 1 is 1.47 bits per heavy atom. The van der Waals surface area contributed by atoms with Gasteiger partial charge in [-0.2, -0.15) is 0 Å². The van der Waals surface area contributed by atoms with Gasteiger partial charge in [-0.15, -0.1) is 0 Å². The van der Waals surface area contributed by atoms with E-state index in [0.717, 1.165) is 25.2 Å². The summed E-state index contributed by atoms with van der Waals surface area (Å²) in [4.78, 5) is 13.8. The molecular weight excluding hydrogens is 214 g/mol. The molecule has 0 spiro atoms. The van der Waals surface area contributed by atoms with Crippen molar-refractivity contribution in [2.45, 2.75) is 38.9 Å². The zero-order chi connectivity index (χ0) is 12.4.